The molecule has 0 aliphatic carbocycles. The number of hydrogen-bond donors (Lipinski definition) is 1. The topological polar surface area (TPSA) is 30.5 Å². The Morgan fingerprint density at radius 3 is 2.74 bits per heavy atom. The highest BCUT2D eigenvalue weighted by molar-refractivity contribution is 7.98. The van der Waals surface area contributed by atoms with Gasteiger partial charge in [-0.3, -0.25) is 0 Å². The molecular formula is C15H19NO2S. The maximum Gasteiger partial charge on any atom is 0.162 e. The minimum atomic E-state index is 0.626. The molecule has 1 aromatic rings. The van der Waals surface area contributed by atoms with Crippen molar-refractivity contribution in [2.75, 3.05) is 26.0 Å². The van der Waals surface area contributed by atoms with Gasteiger partial charge in [-0.05, 0) is 36.9 Å². The molecule has 0 amide bonds. The first-order chi connectivity index (χ1) is 9.35. The monoisotopic (exact) mass is 277 g/mol. The van der Waals surface area contributed by atoms with Gasteiger partial charge >= 0.3 is 0 Å². The van der Waals surface area contributed by atoms with Gasteiger partial charge in [0.15, 0.2) is 11.5 Å². The Balaban J connectivity index is 2.00. The predicted molar refractivity (Wildman–Crippen MR) is 79.0 cm³/mol. The molecule has 0 saturated carbocycles. The van der Waals surface area contributed by atoms with E-state index in [2.05, 4.69) is 29.6 Å². The largest absolute Gasteiger partial charge is 0.486 e. The number of unbranched alkanes of at least 4 members (excludes halogenated alkanes) is 1. The first-order valence-corrected chi connectivity index (χ1v) is 7.68. The molecule has 0 fully saturated rings. The number of terminal acetylenes is 1. The van der Waals surface area contributed by atoms with Crippen LogP contribution < -0.4 is 14.8 Å². The zero-order valence-electron chi connectivity index (χ0n) is 11.2. The minimum Gasteiger partial charge on any atom is -0.486 e. The zero-order chi connectivity index (χ0) is 13.5. The Kier molecular flexibility index (Phi) is 5.44. The van der Waals surface area contributed by atoms with Crippen molar-refractivity contribution in [2.45, 2.75) is 24.3 Å². The van der Waals surface area contributed by atoms with Crippen LogP contribution in [0, 0.1) is 12.3 Å². The van der Waals surface area contributed by atoms with E-state index in [0.29, 0.717) is 13.2 Å². The van der Waals surface area contributed by atoms with Crippen molar-refractivity contribution in [1.29, 1.82) is 0 Å². The highest BCUT2D eigenvalue weighted by atomic mass is 32.2. The summed E-state index contributed by atoms with van der Waals surface area (Å²) >= 11 is 1.73. The molecular weight excluding hydrogens is 258 g/mol. The Hall–Kier alpha value is -1.31. The fraction of sp³-hybridized carbons (Fsp3) is 0.467. The number of thioether (sulfide) groups is 1. The SMILES string of the molecule is C#CCCCNCc1cc2c(cc1SC)OCCO2. The number of rotatable bonds is 6. The average Bonchev–Trinajstić information content (AvgIpc) is 2.46. The average molecular weight is 277 g/mol. The summed E-state index contributed by atoms with van der Waals surface area (Å²) in [5.41, 5.74) is 1.25. The molecule has 0 unspecified atom stereocenters. The van der Waals surface area contributed by atoms with Crippen LogP contribution in [0.25, 0.3) is 0 Å². The lowest BCUT2D eigenvalue weighted by molar-refractivity contribution is 0.171. The predicted octanol–water partition coefficient (Wildman–Crippen LogP) is 2.68. The lowest BCUT2D eigenvalue weighted by Crippen LogP contribution is -2.18. The summed E-state index contributed by atoms with van der Waals surface area (Å²) in [4.78, 5) is 1.23. The van der Waals surface area contributed by atoms with E-state index in [1.807, 2.05) is 0 Å². The third-order valence-electron chi connectivity index (χ3n) is 2.94. The van der Waals surface area contributed by atoms with Gasteiger partial charge in [0.1, 0.15) is 13.2 Å². The number of nitrogens with one attached hydrogen (secondary N) is 1. The molecule has 0 atom stereocenters. The quantitative estimate of drug-likeness (QED) is 0.492. The summed E-state index contributed by atoms with van der Waals surface area (Å²) in [6, 6.07) is 4.14. The lowest BCUT2D eigenvalue weighted by Gasteiger charge is -2.21. The normalized spacial score (nSPS) is 13.1. The van der Waals surface area contributed by atoms with Crippen LogP contribution in [0.4, 0.5) is 0 Å². The van der Waals surface area contributed by atoms with E-state index >= 15 is 0 Å². The van der Waals surface area contributed by atoms with Gasteiger partial charge in [-0.15, -0.1) is 24.1 Å². The van der Waals surface area contributed by atoms with Gasteiger partial charge in [0.05, 0.1) is 0 Å². The van der Waals surface area contributed by atoms with Gasteiger partial charge in [0.2, 0.25) is 0 Å². The number of fused-ring (bicyclic) bond motifs is 1. The van der Waals surface area contributed by atoms with Gasteiger partial charge in [-0.25, -0.2) is 0 Å². The van der Waals surface area contributed by atoms with E-state index in [0.717, 1.165) is 37.4 Å². The molecule has 0 aromatic heterocycles. The van der Waals surface area contributed by atoms with Crippen LogP contribution in [0.2, 0.25) is 0 Å². The molecule has 3 nitrogen and oxygen atoms in total. The molecule has 1 aliphatic heterocycles. The Morgan fingerprint density at radius 2 is 2.05 bits per heavy atom. The summed E-state index contributed by atoms with van der Waals surface area (Å²) in [7, 11) is 0. The minimum absolute atomic E-state index is 0.626. The maximum absolute atomic E-state index is 5.62. The second-order valence-corrected chi connectivity index (χ2v) is 5.14. The molecule has 1 aromatic carbocycles. The molecule has 102 valence electrons. The van der Waals surface area contributed by atoms with Crippen LogP contribution in [0.3, 0.4) is 0 Å². The Bertz CT molecular complexity index is 468. The number of ether oxygens (including phenoxy) is 2. The summed E-state index contributed by atoms with van der Waals surface area (Å²) in [5.74, 6) is 4.35. The van der Waals surface area contributed by atoms with Crippen LogP contribution in [0.5, 0.6) is 11.5 Å². The third kappa shape index (κ3) is 3.82. The number of hydrogen-bond acceptors (Lipinski definition) is 4. The first-order valence-electron chi connectivity index (χ1n) is 6.46. The van der Waals surface area contributed by atoms with Crippen LogP contribution in [0.1, 0.15) is 18.4 Å². The van der Waals surface area contributed by atoms with Gasteiger partial charge in [-0.1, -0.05) is 0 Å². The molecule has 1 N–H and O–H groups in total. The molecule has 2 rings (SSSR count). The molecule has 0 radical (unpaired) electrons. The van der Waals surface area contributed by atoms with Crippen molar-refractivity contribution in [2.24, 2.45) is 0 Å². The van der Waals surface area contributed by atoms with Crippen molar-refractivity contribution < 1.29 is 9.47 Å². The van der Waals surface area contributed by atoms with E-state index in [1.54, 1.807) is 11.8 Å². The van der Waals surface area contributed by atoms with Crippen molar-refractivity contribution in [1.82, 2.24) is 5.32 Å². The van der Waals surface area contributed by atoms with Crippen molar-refractivity contribution in [3.8, 4) is 23.8 Å². The molecule has 1 heterocycles. The van der Waals surface area contributed by atoms with Crippen molar-refractivity contribution in [3.63, 3.8) is 0 Å². The fourth-order valence-electron chi connectivity index (χ4n) is 1.98. The highest BCUT2D eigenvalue weighted by Crippen LogP contribution is 2.36. The Labute approximate surface area is 119 Å². The third-order valence-corrected chi connectivity index (χ3v) is 3.76. The van der Waals surface area contributed by atoms with E-state index in [9.17, 15) is 0 Å². The summed E-state index contributed by atoms with van der Waals surface area (Å²) in [5, 5.41) is 3.41. The van der Waals surface area contributed by atoms with Crippen LogP contribution in [0.15, 0.2) is 17.0 Å². The fourth-order valence-corrected chi connectivity index (χ4v) is 2.60. The molecule has 19 heavy (non-hydrogen) atoms. The lowest BCUT2D eigenvalue weighted by atomic mass is 10.2. The molecule has 0 spiro atoms. The molecule has 1 aliphatic rings. The van der Waals surface area contributed by atoms with Gasteiger partial charge < -0.3 is 14.8 Å². The van der Waals surface area contributed by atoms with Gasteiger partial charge in [0, 0.05) is 17.9 Å². The maximum atomic E-state index is 5.62. The molecule has 4 heteroatoms. The highest BCUT2D eigenvalue weighted by Gasteiger charge is 2.15. The molecule has 0 bridgehead atoms. The van der Waals surface area contributed by atoms with Crippen LogP contribution >= 0.6 is 11.8 Å². The van der Waals surface area contributed by atoms with Crippen LogP contribution in [-0.2, 0) is 6.54 Å². The molecule has 0 saturated heterocycles. The standard InChI is InChI=1S/C15H19NO2S/c1-3-4-5-6-16-11-12-9-13-14(10-15(12)19-2)18-8-7-17-13/h1,9-10,16H,4-8,11H2,2H3. The van der Waals surface area contributed by atoms with E-state index in [1.165, 1.54) is 10.5 Å². The zero-order valence-corrected chi connectivity index (χ0v) is 12.0. The summed E-state index contributed by atoms with van der Waals surface area (Å²) in [6.45, 7) is 3.02. The summed E-state index contributed by atoms with van der Waals surface area (Å²) in [6.07, 6.45) is 9.14. The number of benzene rings is 1. The van der Waals surface area contributed by atoms with E-state index in [4.69, 9.17) is 15.9 Å². The van der Waals surface area contributed by atoms with Crippen molar-refractivity contribution >= 4 is 11.8 Å². The van der Waals surface area contributed by atoms with Gasteiger partial charge in [0.25, 0.3) is 0 Å². The Morgan fingerprint density at radius 1 is 1.32 bits per heavy atom. The second-order valence-electron chi connectivity index (χ2n) is 4.29. The van der Waals surface area contributed by atoms with E-state index < -0.39 is 0 Å². The smallest absolute Gasteiger partial charge is 0.162 e. The van der Waals surface area contributed by atoms with Gasteiger partial charge in [-0.2, -0.15) is 0 Å². The summed E-state index contributed by atoms with van der Waals surface area (Å²) < 4.78 is 11.2. The second kappa shape index (κ2) is 7.32. The van der Waals surface area contributed by atoms with Crippen molar-refractivity contribution in [3.05, 3.63) is 17.7 Å². The van der Waals surface area contributed by atoms with Crippen LogP contribution in [-0.4, -0.2) is 26.0 Å². The first kappa shape index (κ1) is 14.1. The van der Waals surface area contributed by atoms with E-state index in [-0.39, 0.29) is 0 Å².